The van der Waals surface area contributed by atoms with E-state index in [0.717, 1.165) is 6.42 Å². The molecule has 3 rings (SSSR count). The Bertz CT molecular complexity index is 587. The van der Waals surface area contributed by atoms with Gasteiger partial charge in [-0.1, -0.05) is 24.3 Å². The number of benzene rings is 1. The van der Waals surface area contributed by atoms with Crippen LogP contribution in [0, 0.1) is 6.26 Å². The fourth-order valence-corrected chi connectivity index (χ4v) is 1.85. The van der Waals surface area contributed by atoms with E-state index in [4.69, 9.17) is 13.9 Å². The molecule has 18 heavy (non-hydrogen) atoms. The van der Waals surface area contributed by atoms with Crippen molar-refractivity contribution < 1.29 is 32.8 Å². The van der Waals surface area contributed by atoms with E-state index in [0.29, 0.717) is 29.7 Å². The van der Waals surface area contributed by atoms with Crippen molar-refractivity contribution in [2.75, 3.05) is 13.2 Å². The Balaban J connectivity index is 0.00000120. The van der Waals surface area contributed by atoms with Crippen LogP contribution in [0.3, 0.4) is 0 Å². The van der Waals surface area contributed by atoms with Crippen molar-refractivity contribution >= 4 is 11.0 Å². The number of rotatable bonds is 1. The van der Waals surface area contributed by atoms with Crippen molar-refractivity contribution in [3.8, 4) is 0 Å². The molecule has 0 amide bonds. The molecule has 4 nitrogen and oxygen atoms in total. The largest absolute Gasteiger partial charge is 1.00 e. The van der Waals surface area contributed by atoms with Gasteiger partial charge in [0, 0.05) is 11.8 Å². The van der Waals surface area contributed by atoms with E-state index in [1.165, 1.54) is 0 Å². The standard InChI is InChI=1S/C13H11O4.Li/c14-12-9-4-1-2-5-11(9)17-8-10(12)13-15-6-3-7-16-13;/h1-2,4-5,13H,3,6-7H2;/q-1;+1. The normalized spacial score (nSPS) is 16.4. The SMILES string of the molecule is O=c1c(C2OCCCO2)[c-]oc2ccccc12.[Li+]. The van der Waals surface area contributed by atoms with Crippen LogP contribution in [0.5, 0.6) is 0 Å². The third kappa shape index (κ3) is 2.38. The van der Waals surface area contributed by atoms with Gasteiger partial charge >= 0.3 is 18.9 Å². The van der Waals surface area contributed by atoms with Crippen LogP contribution >= 0.6 is 0 Å². The molecule has 5 heteroatoms. The van der Waals surface area contributed by atoms with Crippen molar-refractivity contribution in [3.63, 3.8) is 0 Å². The van der Waals surface area contributed by atoms with E-state index in [1.807, 2.05) is 6.07 Å². The predicted molar refractivity (Wildman–Crippen MR) is 60.6 cm³/mol. The number of fused-ring (bicyclic) bond motifs is 1. The Morgan fingerprint density at radius 3 is 2.67 bits per heavy atom. The van der Waals surface area contributed by atoms with Crippen molar-refractivity contribution in [2.45, 2.75) is 12.7 Å². The second kappa shape index (κ2) is 5.72. The molecule has 0 radical (unpaired) electrons. The molecule has 0 spiro atoms. The number of hydrogen-bond acceptors (Lipinski definition) is 4. The first-order chi connectivity index (χ1) is 8.36. The minimum atomic E-state index is -0.649. The summed E-state index contributed by atoms with van der Waals surface area (Å²) in [7, 11) is 0. The second-order valence-electron chi connectivity index (χ2n) is 3.87. The second-order valence-corrected chi connectivity index (χ2v) is 3.87. The first kappa shape index (κ1) is 13.4. The van der Waals surface area contributed by atoms with Gasteiger partial charge in [0.1, 0.15) is 0 Å². The quantitative estimate of drug-likeness (QED) is 0.474. The van der Waals surface area contributed by atoms with E-state index in [1.54, 1.807) is 18.2 Å². The van der Waals surface area contributed by atoms with Crippen molar-refractivity contribution in [2.24, 2.45) is 0 Å². The van der Waals surface area contributed by atoms with E-state index in [9.17, 15) is 4.79 Å². The molecule has 2 heterocycles. The molecule has 1 fully saturated rings. The molecule has 2 aromatic rings. The number of ether oxygens (including phenoxy) is 2. The molecule has 1 saturated heterocycles. The first-order valence-corrected chi connectivity index (χ1v) is 5.53. The van der Waals surface area contributed by atoms with Crippen LogP contribution in [0.15, 0.2) is 33.5 Å². The average Bonchev–Trinajstić information content (AvgIpc) is 2.40. The molecule has 88 valence electrons. The summed E-state index contributed by atoms with van der Waals surface area (Å²) in [6, 6.07) is 7.07. The Labute approximate surface area is 116 Å². The molecule has 1 aromatic carbocycles. The molecule has 1 aliphatic heterocycles. The third-order valence-corrected chi connectivity index (χ3v) is 2.71. The maximum atomic E-state index is 12.2. The fourth-order valence-electron chi connectivity index (χ4n) is 1.85. The zero-order chi connectivity index (χ0) is 11.7. The van der Waals surface area contributed by atoms with Gasteiger partial charge in [-0.3, -0.25) is 0 Å². The van der Waals surface area contributed by atoms with E-state index in [2.05, 4.69) is 6.26 Å². The van der Waals surface area contributed by atoms with Gasteiger partial charge < -0.3 is 18.7 Å². The van der Waals surface area contributed by atoms with Crippen LogP contribution in [-0.4, -0.2) is 13.2 Å². The summed E-state index contributed by atoms with van der Waals surface area (Å²) in [5.74, 6) is 0. The molecule has 0 N–H and O–H groups in total. The molecule has 0 unspecified atom stereocenters. The van der Waals surface area contributed by atoms with Crippen molar-refractivity contribution in [1.29, 1.82) is 0 Å². The predicted octanol–water partition coefficient (Wildman–Crippen LogP) is -0.967. The topological polar surface area (TPSA) is 48.7 Å². The van der Waals surface area contributed by atoms with Gasteiger partial charge in [0.25, 0.3) is 0 Å². The number of hydrogen-bond donors (Lipinski definition) is 0. The molecular formula is C13H11LiO4. The molecular weight excluding hydrogens is 227 g/mol. The van der Waals surface area contributed by atoms with E-state index >= 15 is 0 Å². The Kier molecular flexibility index (Phi) is 4.26. The van der Waals surface area contributed by atoms with Crippen LogP contribution in [0.2, 0.25) is 0 Å². The van der Waals surface area contributed by atoms with Crippen LogP contribution in [-0.2, 0) is 9.47 Å². The summed E-state index contributed by atoms with van der Waals surface area (Å²) in [5, 5.41) is 0.527. The summed E-state index contributed by atoms with van der Waals surface area (Å²) >= 11 is 0. The molecule has 1 aliphatic rings. The van der Waals surface area contributed by atoms with Crippen LogP contribution < -0.4 is 24.3 Å². The van der Waals surface area contributed by atoms with Crippen molar-refractivity contribution in [3.05, 3.63) is 46.3 Å². The van der Waals surface area contributed by atoms with Gasteiger partial charge in [0.05, 0.1) is 18.6 Å². The smallest absolute Gasteiger partial charge is 0.580 e. The first-order valence-electron chi connectivity index (χ1n) is 5.53. The monoisotopic (exact) mass is 238 g/mol. The van der Waals surface area contributed by atoms with Gasteiger partial charge in [0.2, 0.25) is 0 Å². The summed E-state index contributed by atoms with van der Waals surface area (Å²) < 4.78 is 16.1. The summed E-state index contributed by atoms with van der Waals surface area (Å²) in [4.78, 5) is 12.2. The van der Waals surface area contributed by atoms with Crippen LogP contribution in [0.4, 0.5) is 0 Å². The third-order valence-electron chi connectivity index (χ3n) is 2.71. The number of para-hydroxylation sites is 1. The molecule has 1 aromatic heterocycles. The van der Waals surface area contributed by atoms with Gasteiger partial charge in [0.15, 0.2) is 6.29 Å². The van der Waals surface area contributed by atoms with Gasteiger partial charge in [-0.15, -0.1) is 0 Å². The van der Waals surface area contributed by atoms with Crippen LogP contribution in [0.1, 0.15) is 18.3 Å². The van der Waals surface area contributed by atoms with E-state index in [-0.39, 0.29) is 24.3 Å². The molecule has 0 aliphatic carbocycles. The molecule has 0 bridgehead atoms. The van der Waals surface area contributed by atoms with Crippen molar-refractivity contribution in [1.82, 2.24) is 0 Å². The Morgan fingerprint density at radius 1 is 1.17 bits per heavy atom. The minimum Gasteiger partial charge on any atom is -0.580 e. The zero-order valence-corrected chi connectivity index (χ0v) is 10.1. The van der Waals surface area contributed by atoms with Gasteiger partial charge in [-0.25, -0.2) is 0 Å². The van der Waals surface area contributed by atoms with E-state index < -0.39 is 6.29 Å². The molecule has 0 saturated carbocycles. The maximum absolute atomic E-state index is 12.2. The van der Waals surface area contributed by atoms with Crippen LogP contribution in [0.25, 0.3) is 11.0 Å². The summed E-state index contributed by atoms with van der Waals surface area (Å²) in [6.45, 7) is 1.18. The fraction of sp³-hybridized carbons (Fsp3) is 0.308. The Hall–Kier alpha value is -1.05. The average molecular weight is 238 g/mol. The maximum Gasteiger partial charge on any atom is 1.00 e. The minimum absolute atomic E-state index is 0. The Morgan fingerprint density at radius 2 is 1.89 bits per heavy atom. The van der Waals surface area contributed by atoms with Gasteiger partial charge in [-0.2, -0.15) is 0 Å². The summed E-state index contributed by atoms with van der Waals surface area (Å²) in [6.07, 6.45) is 2.81. The zero-order valence-electron chi connectivity index (χ0n) is 10.1. The summed E-state index contributed by atoms with van der Waals surface area (Å²) in [5.41, 5.74) is 0.694. The van der Waals surface area contributed by atoms with Gasteiger partial charge in [-0.05, 0) is 17.4 Å². The molecule has 0 atom stereocenters.